The van der Waals surface area contributed by atoms with E-state index in [2.05, 4.69) is 5.32 Å². The second kappa shape index (κ2) is 4.69. The van der Waals surface area contributed by atoms with Crippen molar-refractivity contribution in [3.63, 3.8) is 0 Å². The van der Waals surface area contributed by atoms with Gasteiger partial charge in [0.15, 0.2) is 6.61 Å². The smallest absolute Gasteiger partial charge is 0.258 e. The number of ether oxygens (including phenoxy) is 1. The van der Waals surface area contributed by atoms with E-state index in [9.17, 15) is 4.79 Å². The molecule has 0 heterocycles. The Morgan fingerprint density at radius 1 is 1.17 bits per heavy atom. The Balaban J connectivity index is 1.71. The SMILES string of the molecule is O=C(COc1cccc2ccccc12)NC1CC1. The third kappa shape index (κ3) is 2.45. The highest BCUT2D eigenvalue weighted by molar-refractivity contribution is 5.88. The summed E-state index contributed by atoms with van der Waals surface area (Å²) in [6, 6.07) is 14.3. The topological polar surface area (TPSA) is 38.3 Å². The van der Waals surface area contributed by atoms with Crippen LogP contribution in [0, 0.1) is 0 Å². The Bertz CT molecular complexity index is 570. The second-order valence-electron chi connectivity index (χ2n) is 4.61. The van der Waals surface area contributed by atoms with E-state index in [1.165, 1.54) is 0 Å². The highest BCUT2D eigenvalue weighted by Gasteiger charge is 2.23. The van der Waals surface area contributed by atoms with Crippen LogP contribution in [-0.4, -0.2) is 18.6 Å². The molecule has 2 aromatic carbocycles. The Kier molecular flexibility index (Phi) is 2.89. The third-order valence-corrected chi connectivity index (χ3v) is 3.05. The van der Waals surface area contributed by atoms with Crippen molar-refractivity contribution in [2.75, 3.05) is 6.61 Å². The molecule has 0 unspecified atom stereocenters. The molecule has 0 aliphatic heterocycles. The molecule has 1 aliphatic rings. The Morgan fingerprint density at radius 3 is 2.78 bits per heavy atom. The van der Waals surface area contributed by atoms with Crippen LogP contribution in [0.3, 0.4) is 0 Å². The second-order valence-corrected chi connectivity index (χ2v) is 4.61. The zero-order valence-electron chi connectivity index (χ0n) is 10.1. The van der Waals surface area contributed by atoms with Gasteiger partial charge in [0.25, 0.3) is 5.91 Å². The molecule has 0 radical (unpaired) electrons. The molecule has 92 valence electrons. The van der Waals surface area contributed by atoms with Gasteiger partial charge in [0.1, 0.15) is 5.75 Å². The van der Waals surface area contributed by atoms with E-state index in [1.54, 1.807) is 0 Å². The maximum absolute atomic E-state index is 11.6. The lowest BCUT2D eigenvalue weighted by Gasteiger charge is -2.09. The van der Waals surface area contributed by atoms with Crippen LogP contribution in [0.2, 0.25) is 0 Å². The quantitative estimate of drug-likeness (QED) is 0.893. The lowest BCUT2D eigenvalue weighted by Crippen LogP contribution is -2.30. The first kappa shape index (κ1) is 11.1. The van der Waals surface area contributed by atoms with E-state index in [0.29, 0.717) is 6.04 Å². The molecular weight excluding hydrogens is 226 g/mol. The Morgan fingerprint density at radius 2 is 1.94 bits per heavy atom. The molecule has 18 heavy (non-hydrogen) atoms. The number of hydrogen-bond donors (Lipinski definition) is 1. The van der Waals surface area contributed by atoms with Gasteiger partial charge < -0.3 is 10.1 Å². The zero-order chi connectivity index (χ0) is 12.4. The lowest BCUT2D eigenvalue weighted by atomic mass is 10.1. The van der Waals surface area contributed by atoms with Gasteiger partial charge in [-0.25, -0.2) is 0 Å². The first-order chi connectivity index (χ1) is 8.83. The number of nitrogens with one attached hydrogen (secondary N) is 1. The van der Waals surface area contributed by atoms with Crippen LogP contribution in [-0.2, 0) is 4.79 Å². The molecular formula is C15H15NO2. The standard InChI is InChI=1S/C15H15NO2/c17-15(16-12-8-9-12)10-18-14-7-3-5-11-4-1-2-6-13(11)14/h1-7,12H,8-10H2,(H,16,17). The highest BCUT2D eigenvalue weighted by atomic mass is 16.5. The van der Waals surface area contributed by atoms with Crippen LogP contribution in [0.15, 0.2) is 42.5 Å². The van der Waals surface area contributed by atoms with E-state index in [-0.39, 0.29) is 12.5 Å². The third-order valence-electron chi connectivity index (χ3n) is 3.05. The van der Waals surface area contributed by atoms with Gasteiger partial charge in [-0.15, -0.1) is 0 Å². The van der Waals surface area contributed by atoms with Crippen LogP contribution >= 0.6 is 0 Å². The summed E-state index contributed by atoms with van der Waals surface area (Å²) in [6.45, 7) is 0.0878. The van der Waals surface area contributed by atoms with Crippen LogP contribution < -0.4 is 10.1 Å². The zero-order valence-corrected chi connectivity index (χ0v) is 10.1. The number of hydrogen-bond acceptors (Lipinski definition) is 2. The van der Waals surface area contributed by atoms with Crippen LogP contribution in [0.25, 0.3) is 10.8 Å². The first-order valence-corrected chi connectivity index (χ1v) is 6.23. The molecule has 0 spiro atoms. The van der Waals surface area contributed by atoms with Gasteiger partial charge in [0.2, 0.25) is 0 Å². The fourth-order valence-corrected chi connectivity index (χ4v) is 1.96. The van der Waals surface area contributed by atoms with Crippen molar-refractivity contribution in [1.82, 2.24) is 5.32 Å². The van der Waals surface area contributed by atoms with Gasteiger partial charge in [0, 0.05) is 11.4 Å². The maximum atomic E-state index is 11.6. The Labute approximate surface area is 106 Å². The van der Waals surface area contributed by atoms with Gasteiger partial charge in [-0.05, 0) is 24.3 Å². The number of rotatable bonds is 4. The summed E-state index contributed by atoms with van der Waals surface area (Å²) in [7, 11) is 0. The van der Waals surface area contributed by atoms with Gasteiger partial charge in [-0.3, -0.25) is 4.79 Å². The molecule has 1 saturated carbocycles. The summed E-state index contributed by atoms with van der Waals surface area (Å²) in [5.41, 5.74) is 0. The fraction of sp³-hybridized carbons (Fsp3) is 0.267. The molecule has 3 heteroatoms. The normalized spacial score (nSPS) is 14.4. The average molecular weight is 241 g/mol. The van der Waals surface area contributed by atoms with E-state index >= 15 is 0 Å². The van der Waals surface area contributed by atoms with Crippen molar-refractivity contribution in [2.45, 2.75) is 18.9 Å². The average Bonchev–Trinajstić information content (AvgIpc) is 3.20. The summed E-state index contributed by atoms with van der Waals surface area (Å²) in [6.07, 6.45) is 2.19. The van der Waals surface area contributed by atoms with E-state index < -0.39 is 0 Å². The number of carbonyl (C=O) groups excluding carboxylic acids is 1. The number of fused-ring (bicyclic) bond motifs is 1. The molecule has 0 bridgehead atoms. The number of benzene rings is 2. The van der Waals surface area contributed by atoms with Crippen molar-refractivity contribution in [1.29, 1.82) is 0 Å². The van der Waals surface area contributed by atoms with Crippen molar-refractivity contribution < 1.29 is 9.53 Å². The molecule has 2 aromatic rings. The van der Waals surface area contributed by atoms with Crippen molar-refractivity contribution >= 4 is 16.7 Å². The largest absolute Gasteiger partial charge is 0.483 e. The maximum Gasteiger partial charge on any atom is 0.258 e. The Hall–Kier alpha value is -2.03. The van der Waals surface area contributed by atoms with Gasteiger partial charge in [-0.1, -0.05) is 36.4 Å². The molecule has 3 nitrogen and oxygen atoms in total. The minimum Gasteiger partial charge on any atom is -0.483 e. The predicted molar refractivity (Wildman–Crippen MR) is 70.6 cm³/mol. The molecule has 1 N–H and O–H groups in total. The number of amides is 1. The van der Waals surface area contributed by atoms with Crippen LogP contribution in [0.5, 0.6) is 5.75 Å². The summed E-state index contributed by atoms with van der Waals surface area (Å²) in [4.78, 5) is 11.6. The monoisotopic (exact) mass is 241 g/mol. The van der Waals surface area contributed by atoms with E-state index in [0.717, 1.165) is 29.4 Å². The van der Waals surface area contributed by atoms with Crippen LogP contribution in [0.4, 0.5) is 0 Å². The van der Waals surface area contributed by atoms with E-state index in [4.69, 9.17) is 4.74 Å². The van der Waals surface area contributed by atoms with Crippen molar-refractivity contribution in [3.05, 3.63) is 42.5 Å². The van der Waals surface area contributed by atoms with Gasteiger partial charge in [0.05, 0.1) is 0 Å². The van der Waals surface area contributed by atoms with Gasteiger partial charge >= 0.3 is 0 Å². The molecule has 0 saturated heterocycles. The molecule has 0 aromatic heterocycles. The molecule has 0 atom stereocenters. The highest BCUT2D eigenvalue weighted by Crippen LogP contribution is 2.25. The minimum atomic E-state index is -0.0366. The number of carbonyl (C=O) groups is 1. The van der Waals surface area contributed by atoms with Crippen molar-refractivity contribution in [3.8, 4) is 5.75 Å². The summed E-state index contributed by atoms with van der Waals surface area (Å²) in [5.74, 6) is 0.726. The molecule has 1 amide bonds. The predicted octanol–water partition coefficient (Wildman–Crippen LogP) is 2.50. The lowest BCUT2D eigenvalue weighted by molar-refractivity contribution is -0.123. The molecule has 3 rings (SSSR count). The minimum absolute atomic E-state index is 0.0366. The van der Waals surface area contributed by atoms with Crippen molar-refractivity contribution in [2.24, 2.45) is 0 Å². The summed E-state index contributed by atoms with van der Waals surface area (Å²) >= 11 is 0. The van der Waals surface area contributed by atoms with Gasteiger partial charge in [-0.2, -0.15) is 0 Å². The van der Waals surface area contributed by atoms with E-state index in [1.807, 2.05) is 42.5 Å². The van der Waals surface area contributed by atoms with Crippen LogP contribution in [0.1, 0.15) is 12.8 Å². The first-order valence-electron chi connectivity index (χ1n) is 6.23. The molecule has 1 fully saturated rings. The molecule has 1 aliphatic carbocycles. The summed E-state index contributed by atoms with van der Waals surface area (Å²) in [5, 5.41) is 5.07. The summed E-state index contributed by atoms with van der Waals surface area (Å²) < 4.78 is 5.60. The fourth-order valence-electron chi connectivity index (χ4n) is 1.96.